The molecule has 1 rings (SSSR count). The normalized spacial score (nSPS) is 11.9. The van der Waals surface area contributed by atoms with Gasteiger partial charge >= 0.3 is 0 Å². The van der Waals surface area contributed by atoms with Crippen LogP contribution in [0.1, 0.15) is 13.8 Å². The van der Waals surface area contributed by atoms with Gasteiger partial charge in [0.1, 0.15) is 11.9 Å². The molecule has 1 amide bonds. The number of nitrogen functional groups attached to an aromatic ring is 1. The summed E-state index contributed by atoms with van der Waals surface area (Å²) in [5, 5.41) is 11.5. The van der Waals surface area contributed by atoms with Crippen LogP contribution in [0.25, 0.3) is 0 Å². The Bertz CT molecular complexity index is 377. The van der Waals surface area contributed by atoms with E-state index in [4.69, 9.17) is 15.6 Å². The SMILES string of the molecule is CCOc1ccc(NC(=O)C(C)O)c(N)c1. The van der Waals surface area contributed by atoms with Crippen molar-refractivity contribution in [3.63, 3.8) is 0 Å². The third-order valence-electron chi connectivity index (χ3n) is 1.97. The Kier molecular flexibility index (Phi) is 4.13. The summed E-state index contributed by atoms with van der Waals surface area (Å²) < 4.78 is 5.25. The summed E-state index contributed by atoms with van der Waals surface area (Å²) >= 11 is 0. The number of amides is 1. The van der Waals surface area contributed by atoms with Gasteiger partial charge in [-0.2, -0.15) is 0 Å². The number of rotatable bonds is 4. The minimum Gasteiger partial charge on any atom is -0.494 e. The van der Waals surface area contributed by atoms with E-state index in [1.54, 1.807) is 18.2 Å². The molecule has 1 aromatic carbocycles. The lowest BCUT2D eigenvalue weighted by molar-refractivity contribution is -0.123. The van der Waals surface area contributed by atoms with E-state index in [1.807, 2.05) is 6.92 Å². The van der Waals surface area contributed by atoms with Crippen molar-refractivity contribution >= 4 is 17.3 Å². The van der Waals surface area contributed by atoms with Gasteiger partial charge in [-0.3, -0.25) is 4.79 Å². The van der Waals surface area contributed by atoms with Gasteiger partial charge in [0.15, 0.2) is 0 Å². The van der Waals surface area contributed by atoms with Crippen LogP contribution >= 0.6 is 0 Å². The molecule has 0 bridgehead atoms. The smallest absolute Gasteiger partial charge is 0.252 e. The maximum absolute atomic E-state index is 11.2. The van der Waals surface area contributed by atoms with Crippen LogP contribution in [0.5, 0.6) is 5.75 Å². The van der Waals surface area contributed by atoms with Crippen LogP contribution in [-0.2, 0) is 4.79 Å². The molecule has 0 saturated carbocycles. The Morgan fingerprint density at radius 2 is 2.31 bits per heavy atom. The molecule has 0 radical (unpaired) electrons. The van der Waals surface area contributed by atoms with E-state index >= 15 is 0 Å². The number of nitrogens with one attached hydrogen (secondary N) is 1. The molecule has 0 saturated heterocycles. The predicted octanol–water partition coefficient (Wildman–Crippen LogP) is 0.987. The second-order valence-electron chi connectivity index (χ2n) is 3.35. The van der Waals surface area contributed by atoms with E-state index in [-0.39, 0.29) is 0 Å². The summed E-state index contributed by atoms with van der Waals surface area (Å²) in [6.45, 7) is 3.82. The van der Waals surface area contributed by atoms with Gasteiger partial charge in [-0.05, 0) is 26.0 Å². The summed E-state index contributed by atoms with van der Waals surface area (Å²) in [4.78, 5) is 11.2. The van der Waals surface area contributed by atoms with Crippen LogP contribution in [0, 0.1) is 0 Å². The maximum atomic E-state index is 11.2. The first kappa shape index (κ1) is 12.3. The fourth-order valence-corrected chi connectivity index (χ4v) is 1.15. The van der Waals surface area contributed by atoms with Gasteiger partial charge in [0, 0.05) is 6.07 Å². The van der Waals surface area contributed by atoms with Crippen LogP contribution in [0.4, 0.5) is 11.4 Å². The highest BCUT2D eigenvalue weighted by Gasteiger charge is 2.10. The lowest BCUT2D eigenvalue weighted by atomic mass is 10.2. The molecule has 0 heterocycles. The molecule has 16 heavy (non-hydrogen) atoms. The molecule has 5 nitrogen and oxygen atoms in total. The number of anilines is 2. The summed E-state index contributed by atoms with van der Waals surface area (Å²) in [6, 6.07) is 4.97. The second-order valence-corrected chi connectivity index (χ2v) is 3.35. The number of aliphatic hydroxyl groups excluding tert-OH is 1. The molecule has 88 valence electrons. The topological polar surface area (TPSA) is 84.6 Å². The molecule has 5 heteroatoms. The Hall–Kier alpha value is -1.75. The number of benzene rings is 1. The third kappa shape index (κ3) is 3.13. The average molecular weight is 224 g/mol. The van der Waals surface area contributed by atoms with Gasteiger partial charge in [0.05, 0.1) is 18.0 Å². The average Bonchev–Trinajstić information content (AvgIpc) is 2.22. The Labute approximate surface area is 94.2 Å². The predicted molar refractivity (Wildman–Crippen MR) is 62.3 cm³/mol. The minimum atomic E-state index is -1.06. The lowest BCUT2D eigenvalue weighted by Gasteiger charge is -2.11. The number of aliphatic hydroxyl groups is 1. The third-order valence-corrected chi connectivity index (χ3v) is 1.97. The van der Waals surface area contributed by atoms with Crippen LogP contribution in [-0.4, -0.2) is 23.7 Å². The number of carbonyl (C=O) groups excluding carboxylic acids is 1. The van der Waals surface area contributed by atoms with Gasteiger partial charge < -0.3 is 20.9 Å². The summed E-state index contributed by atoms with van der Waals surface area (Å²) in [5.41, 5.74) is 6.59. The molecule has 4 N–H and O–H groups in total. The fraction of sp³-hybridized carbons (Fsp3) is 0.364. The van der Waals surface area contributed by atoms with Crippen molar-refractivity contribution in [2.24, 2.45) is 0 Å². The Balaban J connectivity index is 2.79. The molecule has 0 aromatic heterocycles. The molecule has 0 aliphatic carbocycles. The number of nitrogens with two attached hydrogens (primary N) is 1. The first-order chi connectivity index (χ1) is 7.54. The zero-order valence-corrected chi connectivity index (χ0v) is 9.36. The maximum Gasteiger partial charge on any atom is 0.252 e. The van der Waals surface area contributed by atoms with Crippen molar-refractivity contribution in [2.45, 2.75) is 20.0 Å². The van der Waals surface area contributed by atoms with Gasteiger partial charge in [-0.25, -0.2) is 0 Å². The molecule has 0 fully saturated rings. The van der Waals surface area contributed by atoms with E-state index in [2.05, 4.69) is 5.32 Å². The van der Waals surface area contributed by atoms with Crippen LogP contribution in [0.15, 0.2) is 18.2 Å². The van der Waals surface area contributed by atoms with Crippen molar-refractivity contribution < 1.29 is 14.6 Å². The highest BCUT2D eigenvalue weighted by atomic mass is 16.5. The fourth-order valence-electron chi connectivity index (χ4n) is 1.15. The molecule has 1 aromatic rings. The molecule has 1 atom stereocenters. The standard InChI is InChI=1S/C11H16N2O3/c1-3-16-8-4-5-10(9(12)6-8)13-11(15)7(2)14/h4-7,14H,3,12H2,1-2H3,(H,13,15). The Morgan fingerprint density at radius 3 is 2.81 bits per heavy atom. The summed E-state index contributed by atoms with van der Waals surface area (Å²) in [7, 11) is 0. The van der Waals surface area contributed by atoms with Crippen molar-refractivity contribution in [3.05, 3.63) is 18.2 Å². The highest BCUT2D eigenvalue weighted by molar-refractivity contribution is 5.96. The van der Waals surface area contributed by atoms with E-state index in [0.717, 1.165) is 0 Å². The van der Waals surface area contributed by atoms with Crippen molar-refractivity contribution in [3.8, 4) is 5.75 Å². The molecule has 1 unspecified atom stereocenters. The van der Waals surface area contributed by atoms with E-state index in [0.29, 0.717) is 23.7 Å². The van der Waals surface area contributed by atoms with Gasteiger partial charge in [0.2, 0.25) is 0 Å². The van der Waals surface area contributed by atoms with Gasteiger partial charge in [-0.1, -0.05) is 0 Å². The van der Waals surface area contributed by atoms with Crippen LogP contribution in [0.2, 0.25) is 0 Å². The largest absolute Gasteiger partial charge is 0.494 e. The Morgan fingerprint density at radius 1 is 1.62 bits per heavy atom. The number of carbonyl (C=O) groups is 1. The van der Waals surface area contributed by atoms with Gasteiger partial charge in [0.25, 0.3) is 5.91 Å². The minimum absolute atomic E-state index is 0.403. The monoisotopic (exact) mass is 224 g/mol. The van der Waals surface area contributed by atoms with Gasteiger partial charge in [-0.15, -0.1) is 0 Å². The van der Waals surface area contributed by atoms with E-state index < -0.39 is 12.0 Å². The van der Waals surface area contributed by atoms with Crippen molar-refractivity contribution in [1.29, 1.82) is 0 Å². The van der Waals surface area contributed by atoms with E-state index in [9.17, 15) is 4.79 Å². The molecule has 0 aliphatic rings. The summed E-state index contributed by atoms with van der Waals surface area (Å²) in [6.07, 6.45) is -1.06. The highest BCUT2D eigenvalue weighted by Crippen LogP contribution is 2.24. The van der Waals surface area contributed by atoms with Crippen molar-refractivity contribution in [1.82, 2.24) is 0 Å². The lowest BCUT2D eigenvalue weighted by Crippen LogP contribution is -2.24. The second kappa shape index (κ2) is 5.37. The molecular weight excluding hydrogens is 208 g/mol. The summed E-state index contributed by atoms with van der Waals surface area (Å²) in [5.74, 6) is 0.158. The first-order valence-corrected chi connectivity index (χ1v) is 5.05. The molecular formula is C11H16N2O3. The molecule has 0 aliphatic heterocycles. The molecule has 0 spiro atoms. The number of ether oxygens (including phenoxy) is 1. The van der Waals surface area contributed by atoms with E-state index in [1.165, 1.54) is 6.92 Å². The number of hydrogen-bond donors (Lipinski definition) is 3. The quantitative estimate of drug-likeness (QED) is 0.666. The van der Waals surface area contributed by atoms with Crippen molar-refractivity contribution in [2.75, 3.05) is 17.7 Å². The van der Waals surface area contributed by atoms with Crippen LogP contribution in [0.3, 0.4) is 0 Å². The van der Waals surface area contributed by atoms with Crippen LogP contribution < -0.4 is 15.8 Å². The first-order valence-electron chi connectivity index (χ1n) is 5.05. The zero-order valence-electron chi connectivity index (χ0n) is 9.36. The number of hydrogen-bond acceptors (Lipinski definition) is 4. The zero-order chi connectivity index (χ0) is 12.1.